The summed E-state index contributed by atoms with van der Waals surface area (Å²) < 4.78 is 11.7. The molecule has 0 amide bonds. The molecule has 0 heterocycles. The van der Waals surface area contributed by atoms with Crippen molar-refractivity contribution in [2.24, 2.45) is 11.8 Å². The second-order valence-corrected chi connectivity index (χ2v) is 15.0. The Morgan fingerprint density at radius 3 is 1.08 bits per heavy atom. The monoisotopic (exact) mass is 791 g/mol. The Morgan fingerprint density at radius 2 is 0.740 bits per heavy atom. The Kier molecular flexibility index (Phi) is 42.7. The van der Waals surface area contributed by atoms with Crippen LogP contribution in [0.2, 0.25) is 0 Å². The normalized spacial score (nSPS) is 12.5. The number of rotatable bonds is 39. The maximum absolute atomic E-state index is 13.0. The van der Waals surface area contributed by atoms with Gasteiger partial charge in [-0.25, -0.2) is 0 Å². The Bertz CT molecular complexity index is 652. The van der Waals surface area contributed by atoms with Gasteiger partial charge in [0, 0.05) is 21.1 Å². The van der Waals surface area contributed by atoms with Gasteiger partial charge in [-0.1, -0.05) is 163 Å². The molecule has 0 radical (unpaired) electrons. The van der Waals surface area contributed by atoms with E-state index in [-0.39, 0.29) is 44.8 Å². The molecule has 0 aliphatic heterocycles. The van der Waals surface area contributed by atoms with Gasteiger partial charge < -0.3 is 21.3 Å². The van der Waals surface area contributed by atoms with E-state index in [0.717, 1.165) is 110 Å². The summed E-state index contributed by atoms with van der Waals surface area (Å²) >= 11 is 0. The zero-order valence-electron chi connectivity index (χ0n) is 34.1. The molecule has 2 unspecified atom stereocenters. The van der Waals surface area contributed by atoms with Crippen molar-refractivity contribution in [3.63, 3.8) is 0 Å². The first-order valence-electron chi connectivity index (χ1n) is 21.9. The van der Waals surface area contributed by atoms with Crippen molar-refractivity contribution in [2.45, 2.75) is 220 Å². The zero-order chi connectivity index (χ0) is 36.0. The summed E-state index contributed by atoms with van der Waals surface area (Å²) in [4.78, 5) is 28.5. The molecule has 0 saturated heterocycles. The van der Waals surface area contributed by atoms with Crippen LogP contribution in [0.1, 0.15) is 220 Å². The molecule has 0 bridgehead atoms. The molecular weight excluding hydrogens is 702 g/mol. The second kappa shape index (κ2) is 41.3. The fourth-order valence-corrected chi connectivity index (χ4v) is 6.86. The fourth-order valence-electron chi connectivity index (χ4n) is 6.86. The minimum absolute atomic E-state index is 0. The van der Waals surface area contributed by atoms with E-state index in [1.807, 2.05) is 0 Å². The van der Waals surface area contributed by atoms with Crippen molar-refractivity contribution in [3.8, 4) is 0 Å². The average molecular weight is 789 g/mol. The van der Waals surface area contributed by atoms with Crippen LogP contribution in [0.15, 0.2) is 0 Å². The molecule has 0 N–H and O–H groups in total. The van der Waals surface area contributed by atoms with E-state index in [9.17, 15) is 9.59 Å². The molecule has 0 aliphatic carbocycles. The zero-order valence-corrected chi connectivity index (χ0v) is 36.1. The number of nitrogens with zero attached hydrogens (tertiary/aromatic N) is 1. The first kappa shape index (κ1) is 51.7. The Hall–Kier alpha value is -0.412. The van der Waals surface area contributed by atoms with Gasteiger partial charge in [-0.2, -0.15) is 6.42 Å². The van der Waals surface area contributed by atoms with Gasteiger partial charge in [0.2, 0.25) is 0 Å². The number of hydrogen-bond acceptors (Lipinski definition) is 5. The van der Waals surface area contributed by atoms with E-state index in [4.69, 9.17) is 9.47 Å². The van der Waals surface area contributed by atoms with Gasteiger partial charge in [-0.3, -0.25) is 9.59 Å². The number of hydrogen-bond donors (Lipinski definition) is 0. The molecule has 0 saturated carbocycles. The molecule has 0 fully saturated rings. The van der Waals surface area contributed by atoms with Gasteiger partial charge in [-0.05, 0) is 71.0 Å². The quantitative estimate of drug-likeness (QED) is 0.0269. The van der Waals surface area contributed by atoms with E-state index in [2.05, 4.69) is 39.5 Å². The summed E-state index contributed by atoms with van der Waals surface area (Å²) in [7, 11) is 0. The summed E-state index contributed by atoms with van der Waals surface area (Å²) in [6.45, 7) is 17.2. The second-order valence-electron chi connectivity index (χ2n) is 15.0. The molecule has 0 aromatic heterocycles. The van der Waals surface area contributed by atoms with Crippen LogP contribution in [0.3, 0.4) is 0 Å². The van der Waals surface area contributed by atoms with E-state index < -0.39 is 0 Å². The van der Waals surface area contributed by atoms with Gasteiger partial charge in [0.15, 0.2) is 0 Å². The van der Waals surface area contributed by atoms with Crippen LogP contribution in [0.5, 0.6) is 0 Å². The third-order valence-corrected chi connectivity index (χ3v) is 10.2. The van der Waals surface area contributed by atoms with Crippen molar-refractivity contribution in [1.29, 1.82) is 0 Å². The number of carbonyl (C=O) groups excluding carboxylic acids is 2. The number of ether oxygens (including phenoxy) is 2. The molecule has 0 aromatic carbocycles. The van der Waals surface area contributed by atoms with Crippen LogP contribution < -0.4 is 0 Å². The third kappa shape index (κ3) is 33.4. The van der Waals surface area contributed by atoms with Crippen molar-refractivity contribution >= 4 is 11.9 Å². The molecule has 50 heavy (non-hydrogen) atoms. The molecule has 298 valence electrons. The van der Waals surface area contributed by atoms with Crippen LogP contribution in [0, 0.1) is 18.8 Å². The molecule has 5 nitrogen and oxygen atoms in total. The maximum Gasteiger partial charge on any atom is 0.308 e. The first-order valence-corrected chi connectivity index (χ1v) is 21.9. The Morgan fingerprint density at radius 1 is 0.440 bits per heavy atom. The van der Waals surface area contributed by atoms with Crippen LogP contribution >= 0.6 is 0 Å². The topological polar surface area (TPSA) is 55.8 Å². The van der Waals surface area contributed by atoms with Crippen LogP contribution in [-0.2, 0) is 40.1 Å². The van der Waals surface area contributed by atoms with Gasteiger partial charge >= 0.3 is 11.9 Å². The van der Waals surface area contributed by atoms with Crippen molar-refractivity contribution < 1.29 is 40.1 Å². The van der Waals surface area contributed by atoms with Gasteiger partial charge in [-0.15, -0.1) is 0 Å². The maximum atomic E-state index is 13.0. The summed E-state index contributed by atoms with van der Waals surface area (Å²) in [5.41, 5.74) is 0. The van der Waals surface area contributed by atoms with Gasteiger partial charge in [0.1, 0.15) is 0 Å². The molecule has 0 aliphatic rings. The van der Waals surface area contributed by atoms with E-state index >= 15 is 0 Å². The summed E-state index contributed by atoms with van der Waals surface area (Å²) in [5, 5.41) is 0. The molecule has 0 aromatic rings. The SMILES string of the molecule is [CH2-]CCCN(CCCCOC(=O)C(CCCCCC)CCCCCCCC)CCCCOC(=O)C(CCCCCC)CCCCCCCC.[Mo]. The molecular formula is C44H86MoNO4-. The van der Waals surface area contributed by atoms with Crippen molar-refractivity contribution in [2.75, 3.05) is 32.8 Å². The van der Waals surface area contributed by atoms with Crippen molar-refractivity contribution in [3.05, 3.63) is 6.92 Å². The third-order valence-electron chi connectivity index (χ3n) is 10.2. The largest absolute Gasteiger partial charge is 0.465 e. The summed E-state index contributed by atoms with van der Waals surface area (Å²) in [5.74, 6) is 0.252. The minimum Gasteiger partial charge on any atom is -0.465 e. The average Bonchev–Trinajstić information content (AvgIpc) is 3.10. The molecule has 0 spiro atoms. The minimum atomic E-state index is 0. The smallest absolute Gasteiger partial charge is 0.308 e. The number of esters is 2. The van der Waals surface area contributed by atoms with Crippen LogP contribution in [0.4, 0.5) is 0 Å². The van der Waals surface area contributed by atoms with Gasteiger partial charge in [0.05, 0.1) is 25.0 Å². The number of unbranched alkanes of at least 4 members (excludes halogenated alkanes) is 19. The summed E-state index contributed by atoms with van der Waals surface area (Å²) in [6.07, 6.45) is 34.8. The van der Waals surface area contributed by atoms with Gasteiger partial charge in [0.25, 0.3) is 0 Å². The first-order chi connectivity index (χ1) is 24.0. The van der Waals surface area contributed by atoms with E-state index in [0.29, 0.717) is 13.2 Å². The van der Waals surface area contributed by atoms with Crippen LogP contribution in [-0.4, -0.2) is 49.7 Å². The standard InChI is InChI=1S/C44H86NO4.Mo/c1-6-11-16-20-22-26-34-41(32-24-18-13-8-3)43(46)48-39-30-28-37-45(36-15-10-5)38-29-31-40-49-44(47)42(33-25-19-14-9-4)35-27-23-21-17-12-7-2;/h41-42H,5-40H2,1-4H3;/q-1;. The Balaban J connectivity index is 0. The molecule has 6 heteroatoms. The van der Waals surface area contributed by atoms with E-state index in [1.165, 1.54) is 103 Å². The molecule has 0 rings (SSSR count). The number of carbonyl (C=O) groups is 2. The predicted molar refractivity (Wildman–Crippen MR) is 212 cm³/mol. The molecule has 2 atom stereocenters. The van der Waals surface area contributed by atoms with Crippen molar-refractivity contribution in [1.82, 2.24) is 4.90 Å². The fraction of sp³-hybridized carbons (Fsp3) is 0.932. The summed E-state index contributed by atoms with van der Waals surface area (Å²) in [6, 6.07) is 0. The van der Waals surface area contributed by atoms with Crippen LogP contribution in [0.25, 0.3) is 0 Å². The predicted octanol–water partition coefficient (Wildman–Crippen LogP) is 13.2. The van der Waals surface area contributed by atoms with E-state index in [1.54, 1.807) is 0 Å². The Labute approximate surface area is 327 Å².